The number of hydrogen-bond donors (Lipinski definition) is 2. The quantitative estimate of drug-likeness (QED) is 0.877. The van der Waals surface area contributed by atoms with Gasteiger partial charge in [0, 0.05) is 23.0 Å². The molecule has 1 aromatic rings. The summed E-state index contributed by atoms with van der Waals surface area (Å²) < 4.78 is 0. The molecular weight excluding hydrogens is 314 g/mol. The third-order valence-electron chi connectivity index (χ3n) is 5.25. The first-order valence-electron chi connectivity index (χ1n) is 8.06. The topological polar surface area (TPSA) is 75.4 Å². The average molecular weight is 336 g/mol. The lowest BCUT2D eigenvalue weighted by Crippen LogP contribution is -2.56. The number of halogens is 1. The Morgan fingerprint density at radius 1 is 1.30 bits per heavy atom. The first-order valence-corrected chi connectivity index (χ1v) is 8.44. The summed E-state index contributed by atoms with van der Waals surface area (Å²) in [7, 11) is 0. The second-order valence-corrected chi connectivity index (χ2v) is 6.96. The van der Waals surface area contributed by atoms with Gasteiger partial charge < -0.3 is 16.0 Å². The molecule has 0 bridgehead atoms. The number of carbonyl (C=O) groups excluding carboxylic acids is 2. The fraction of sp³-hybridized carbons (Fsp3) is 0.529. The van der Waals surface area contributed by atoms with Crippen molar-refractivity contribution in [3.05, 3.63) is 34.9 Å². The molecule has 23 heavy (non-hydrogen) atoms. The van der Waals surface area contributed by atoms with E-state index in [1.54, 1.807) is 4.90 Å². The maximum Gasteiger partial charge on any atom is 0.242 e. The molecule has 0 atom stereocenters. The number of carbonyl (C=O) groups is 2. The van der Waals surface area contributed by atoms with Crippen LogP contribution in [-0.2, 0) is 15.0 Å². The largest absolute Gasteiger partial charge is 0.345 e. The molecule has 5 nitrogen and oxygen atoms in total. The van der Waals surface area contributed by atoms with E-state index in [0.717, 1.165) is 30.7 Å². The Bertz CT molecular complexity index is 612. The van der Waals surface area contributed by atoms with Crippen molar-refractivity contribution in [2.24, 2.45) is 5.73 Å². The lowest BCUT2D eigenvalue weighted by Gasteiger charge is -2.44. The molecular formula is C17H22ClN3O2. The van der Waals surface area contributed by atoms with E-state index >= 15 is 0 Å². The van der Waals surface area contributed by atoms with E-state index in [1.165, 1.54) is 5.56 Å². The van der Waals surface area contributed by atoms with Crippen LogP contribution in [-0.4, -0.2) is 42.4 Å². The van der Waals surface area contributed by atoms with Crippen molar-refractivity contribution in [2.75, 3.05) is 19.6 Å². The Labute approximate surface area is 141 Å². The highest BCUT2D eigenvalue weighted by molar-refractivity contribution is 6.30. The van der Waals surface area contributed by atoms with Gasteiger partial charge in [-0.15, -0.1) is 0 Å². The van der Waals surface area contributed by atoms with Crippen LogP contribution in [0.5, 0.6) is 0 Å². The molecule has 0 unspecified atom stereocenters. The molecule has 0 aromatic heterocycles. The van der Waals surface area contributed by atoms with Gasteiger partial charge in [-0.2, -0.15) is 0 Å². The molecule has 2 amide bonds. The van der Waals surface area contributed by atoms with Crippen molar-refractivity contribution in [1.29, 1.82) is 0 Å². The summed E-state index contributed by atoms with van der Waals surface area (Å²) in [6.45, 7) is 0.858. The zero-order valence-electron chi connectivity index (χ0n) is 13.1. The lowest BCUT2D eigenvalue weighted by molar-refractivity contribution is -0.143. The first-order chi connectivity index (χ1) is 11.0. The zero-order chi connectivity index (χ0) is 16.4. The third-order valence-corrected chi connectivity index (χ3v) is 5.49. The molecule has 2 fully saturated rings. The summed E-state index contributed by atoms with van der Waals surface area (Å²) in [5.74, 6) is -0.0623. The minimum Gasteiger partial charge on any atom is -0.345 e. The third kappa shape index (κ3) is 3.21. The molecule has 1 aliphatic carbocycles. The fourth-order valence-corrected chi connectivity index (χ4v) is 3.99. The molecule has 124 valence electrons. The van der Waals surface area contributed by atoms with Crippen LogP contribution in [0.2, 0.25) is 5.02 Å². The van der Waals surface area contributed by atoms with Crippen LogP contribution < -0.4 is 11.1 Å². The predicted octanol–water partition coefficient (Wildman–Crippen LogP) is 1.44. The molecule has 6 heteroatoms. The van der Waals surface area contributed by atoms with Crippen LogP contribution in [0.4, 0.5) is 0 Å². The second kappa shape index (κ2) is 6.49. The van der Waals surface area contributed by atoms with Crippen molar-refractivity contribution < 1.29 is 9.59 Å². The highest BCUT2D eigenvalue weighted by Crippen LogP contribution is 2.40. The van der Waals surface area contributed by atoms with Gasteiger partial charge in [-0.3, -0.25) is 9.59 Å². The molecule has 0 spiro atoms. The Morgan fingerprint density at radius 3 is 2.70 bits per heavy atom. The minimum atomic E-state index is -0.0809. The molecule has 1 saturated carbocycles. The maximum absolute atomic E-state index is 12.1. The van der Waals surface area contributed by atoms with Gasteiger partial charge in [0.1, 0.15) is 0 Å². The molecule has 1 saturated heterocycles. The van der Waals surface area contributed by atoms with E-state index in [-0.39, 0.29) is 36.4 Å². The number of amides is 2. The SMILES string of the molecule is NC[C@]1(c2cccc(Cl)c2)CC[C@H](N2CC(=O)NCC2=O)CC1. The molecule has 3 rings (SSSR count). The summed E-state index contributed by atoms with van der Waals surface area (Å²) in [5.41, 5.74) is 7.20. The highest BCUT2D eigenvalue weighted by Gasteiger charge is 2.39. The fourth-order valence-electron chi connectivity index (χ4n) is 3.80. The summed E-state index contributed by atoms with van der Waals surface area (Å²) >= 11 is 6.13. The number of rotatable bonds is 3. The molecule has 1 heterocycles. The summed E-state index contributed by atoms with van der Waals surface area (Å²) in [6, 6.07) is 8.03. The van der Waals surface area contributed by atoms with Gasteiger partial charge in [-0.1, -0.05) is 23.7 Å². The highest BCUT2D eigenvalue weighted by atomic mass is 35.5. The Kier molecular flexibility index (Phi) is 4.60. The number of hydrogen-bond acceptors (Lipinski definition) is 3. The van der Waals surface area contributed by atoms with E-state index in [9.17, 15) is 9.59 Å². The van der Waals surface area contributed by atoms with Crippen LogP contribution in [0.3, 0.4) is 0 Å². The molecule has 1 aliphatic heterocycles. The van der Waals surface area contributed by atoms with E-state index in [2.05, 4.69) is 11.4 Å². The standard InChI is InChI=1S/C17H22ClN3O2/c18-13-3-1-2-12(8-13)17(11-19)6-4-14(5-7-17)21-10-15(22)20-9-16(21)23/h1-3,8,14H,4-7,9-11,19H2,(H,20,22)/t14-,17-. The van der Waals surface area contributed by atoms with Crippen LogP contribution in [0.1, 0.15) is 31.2 Å². The van der Waals surface area contributed by atoms with Crippen molar-refractivity contribution in [2.45, 2.75) is 37.1 Å². The number of nitrogens with zero attached hydrogens (tertiary/aromatic N) is 1. The number of piperazine rings is 1. The summed E-state index contributed by atoms with van der Waals surface area (Å²) in [4.78, 5) is 25.4. The van der Waals surface area contributed by atoms with Crippen molar-refractivity contribution in [1.82, 2.24) is 10.2 Å². The maximum atomic E-state index is 12.1. The van der Waals surface area contributed by atoms with Gasteiger partial charge in [0.15, 0.2) is 0 Å². The summed E-state index contributed by atoms with van der Waals surface area (Å²) in [5, 5.41) is 3.32. The Balaban J connectivity index is 1.73. The van der Waals surface area contributed by atoms with E-state index in [0.29, 0.717) is 6.54 Å². The van der Waals surface area contributed by atoms with Gasteiger partial charge in [0.05, 0.1) is 13.1 Å². The van der Waals surface area contributed by atoms with Gasteiger partial charge in [-0.05, 0) is 43.4 Å². The van der Waals surface area contributed by atoms with E-state index < -0.39 is 0 Å². The van der Waals surface area contributed by atoms with Gasteiger partial charge in [0.2, 0.25) is 11.8 Å². The van der Waals surface area contributed by atoms with Crippen molar-refractivity contribution in [3.63, 3.8) is 0 Å². The van der Waals surface area contributed by atoms with Gasteiger partial charge in [-0.25, -0.2) is 0 Å². The number of benzene rings is 1. The van der Waals surface area contributed by atoms with Crippen LogP contribution in [0.15, 0.2) is 24.3 Å². The molecule has 1 aromatic carbocycles. The Morgan fingerprint density at radius 2 is 2.04 bits per heavy atom. The average Bonchev–Trinajstić information content (AvgIpc) is 2.57. The number of nitrogens with two attached hydrogens (primary N) is 1. The molecule has 2 aliphatic rings. The smallest absolute Gasteiger partial charge is 0.242 e. The van der Waals surface area contributed by atoms with Gasteiger partial charge in [0.25, 0.3) is 0 Å². The second-order valence-electron chi connectivity index (χ2n) is 6.52. The van der Waals surface area contributed by atoms with Crippen LogP contribution in [0.25, 0.3) is 0 Å². The molecule has 0 radical (unpaired) electrons. The first kappa shape index (κ1) is 16.3. The number of nitrogens with one attached hydrogen (secondary N) is 1. The van der Waals surface area contributed by atoms with Crippen molar-refractivity contribution in [3.8, 4) is 0 Å². The van der Waals surface area contributed by atoms with Crippen LogP contribution in [0, 0.1) is 0 Å². The monoisotopic (exact) mass is 335 g/mol. The zero-order valence-corrected chi connectivity index (χ0v) is 13.8. The van der Waals surface area contributed by atoms with E-state index in [4.69, 9.17) is 17.3 Å². The van der Waals surface area contributed by atoms with Crippen LogP contribution >= 0.6 is 11.6 Å². The normalized spacial score (nSPS) is 28.6. The van der Waals surface area contributed by atoms with E-state index in [1.807, 2.05) is 18.2 Å². The van der Waals surface area contributed by atoms with Crippen molar-refractivity contribution >= 4 is 23.4 Å². The Hall–Kier alpha value is -1.59. The predicted molar refractivity (Wildman–Crippen MR) is 89.2 cm³/mol. The molecule has 3 N–H and O–H groups in total. The lowest BCUT2D eigenvalue weighted by atomic mass is 9.68. The minimum absolute atomic E-state index is 0.0117. The summed E-state index contributed by atoms with van der Waals surface area (Å²) in [6.07, 6.45) is 3.53. The van der Waals surface area contributed by atoms with Gasteiger partial charge >= 0.3 is 0 Å².